The van der Waals surface area contributed by atoms with Crippen molar-refractivity contribution < 1.29 is 9.59 Å². The van der Waals surface area contributed by atoms with Crippen molar-refractivity contribution in [2.75, 3.05) is 31.1 Å². The molecule has 0 bridgehead atoms. The molecule has 1 fully saturated rings. The van der Waals surface area contributed by atoms with Gasteiger partial charge in [0.15, 0.2) is 0 Å². The highest BCUT2D eigenvalue weighted by atomic mass is 35.5. The normalized spacial score (nSPS) is 18.2. The molecule has 29 heavy (non-hydrogen) atoms. The first-order valence-electron chi connectivity index (χ1n) is 9.51. The van der Waals surface area contributed by atoms with Gasteiger partial charge in [-0.2, -0.15) is 0 Å². The SMILES string of the molecule is Cc1cc(Cl)ccc1N1C(=O)C(Cl)=C(N2CCN(Cc3ccccc3)CC2)C1=O. The average molecular weight is 430 g/mol. The van der Waals surface area contributed by atoms with Crippen LogP contribution in [0.15, 0.2) is 59.3 Å². The Balaban J connectivity index is 1.48. The van der Waals surface area contributed by atoms with Gasteiger partial charge in [-0.15, -0.1) is 0 Å². The van der Waals surface area contributed by atoms with Crippen molar-refractivity contribution in [2.24, 2.45) is 0 Å². The fourth-order valence-electron chi connectivity index (χ4n) is 3.83. The number of hydrogen-bond acceptors (Lipinski definition) is 4. The number of carbonyl (C=O) groups excluding carboxylic acids is 2. The summed E-state index contributed by atoms with van der Waals surface area (Å²) in [6.45, 7) is 5.56. The number of hydrogen-bond donors (Lipinski definition) is 0. The molecule has 1 saturated heterocycles. The molecule has 0 aliphatic carbocycles. The molecule has 2 aromatic rings. The summed E-state index contributed by atoms with van der Waals surface area (Å²) >= 11 is 12.3. The topological polar surface area (TPSA) is 43.9 Å². The Hall–Kier alpha value is -2.34. The molecule has 150 valence electrons. The van der Waals surface area contributed by atoms with Gasteiger partial charge in [0, 0.05) is 37.7 Å². The van der Waals surface area contributed by atoms with Crippen molar-refractivity contribution in [1.29, 1.82) is 0 Å². The molecule has 0 saturated carbocycles. The first kappa shape index (κ1) is 20.0. The van der Waals surface area contributed by atoms with Crippen LogP contribution in [0.1, 0.15) is 11.1 Å². The monoisotopic (exact) mass is 429 g/mol. The predicted octanol–water partition coefficient (Wildman–Crippen LogP) is 3.79. The zero-order valence-corrected chi connectivity index (χ0v) is 17.6. The van der Waals surface area contributed by atoms with E-state index in [1.54, 1.807) is 18.2 Å². The van der Waals surface area contributed by atoms with Gasteiger partial charge in [0.1, 0.15) is 10.7 Å². The van der Waals surface area contributed by atoms with Crippen LogP contribution < -0.4 is 4.90 Å². The maximum atomic E-state index is 13.1. The van der Waals surface area contributed by atoms with Crippen LogP contribution in [0.3, 0.4) is 0 Å². The van der Waals surface area contributed by atoms with Gasteiger partial charge in [-0.05, 0) is 36.2 Å². The van der Waals surface area contributed by atoms with E-state index < -0.39 is 5.91 Å². The number of amides is 2. The van der Waals surface area contributed by atoms with E-state index in [0.29, 0.717) is 29.5 Å². The lowest BCUT2D eigenvalue weighted by Gasteiger charge is -2.36. The third kappa shape index (κ3) is 3.90. The minimum atomic E-state index is -0.483. The lowest BCUT2D eigenvalue weighted by atomic mass is 10.2. The summed E-state index contributed by atoms with van der Waals surface area (Å²) in [6.07, 6.45) is 0. The van der Waals surface area contributed by atoms with Gasteiger partial charge in [0.05, 0.1) is 5.69 Å². The second kappa shape index (κ2) is 8.19. The molecule has 2 aliphatic heterocycles. The molecule has 0 spiro atoms. The van der Waals surface area contributed by atoms with Crippen LogP contribution in [0.5, 0.6) is 0 Å². The summed E-state index contributed by atoms with van der Waals surface area (Å²) in [7, 11) is 0. The van der Waals surface area contributed by atoms with Gasteiger partial charge in [0.2, 0.25) is 0 Å². The molecule has 0 unspecified atom stereocenters. The van der Waals surface area contributed by atoms with Crippen LogP contribution in [0.25, 0.3) is 0 Å². The zero-order chi connectivity index (χ0) is 20.5. The van der Waals surface area contributed by atoms with E-state index in [1.165, 1.54) is 5.56 Å². The maximum Gasteiger partial charge on any atom is 0.283 e. The van der Waals surface area contributed by atoms with Crippen molar-refractivity contribution in [3.63, 3.8) is 0 Å². The Morgan fingerprint density at radius 3 is 2.24 bits per heavy atom. The summed E-state index contributed by atoms with van der Waals surface area (Å²) in [5, 5.41) is 0.542. The fraction of sp³-hybridized carbons (Fsp3) is 0.273. The number of benzene rings is 2. The highest BCUT2D eigenvalue weighted by Crippen LogP contribution is 2.34. The Morgan fingerprint density at radius 1 is 0.897 bits per heavy atom. The smallest absolute Gasteiger partial charge is 0.283 e. The van der Waals surface area contributed by atoms with Gasteiger partial charge < -0.3 is 4.90 Å². The summed E-state index contributed by atoms with van der Waals surface area (Å²) in [5.74, 6) is -0.856. The first-order valence-corrected chi connectivity index (χ1v) is 10.3. The van der Waals surface area contributed by atoms with Gasteiger partial charge in [-0.1, -0.05) is 53.5 Å². The number of carbonyl (C=O) groups is 2. The standard InChI is InChI=1S/C22H21Cl2N3O2/c1-15-13-17(23)7-8-18(15)27-21(28)19(24)20(22(27)29)26-11-9-25(10-12-26)14-16-5-3-2-4-6-16/h2-8,13H,9-12,14H2,1H3. The van der Waals surface area contributed by atoms with E-state index in [1.807, 2.05) is 30.0 Å². The van der Waals surface area contributed by atoms with Gasteiger partial charge in [-0.3, -0.25) is 14.5 Å². The van der Waals surface area contributed by atoms with Crippen LogP contribution in [-0.2, 0) is 16.1 Å². The van der Waals surface area contributed by atoms with E-state index in [4.69, 9.17) is 23.2 Å². The van der Waals surface area contributed by atoms with Crippen molar-refractivity contribution in [2.45, 2.75) is 13.5 Å². The lowest BCUT2D eigenvalue weighted by Crippen LogP contribution is -2.47. The van der Waals surface area contributed by atoms with Gasteiger partial charge in [-0.25, -0.2) is 4.90 Å². The molecule has 2 aromatic carbocycles. The second-order valence-electron chi connectivity index (χ2n) is 7.29. The van der Waals surface area contributed by atoms with Crippen LogP contribution in [0.2, 0.25) is 5.02 Å². The predicted molar refractivity (Wildman–Crippen MR) is 115 cm³/mol. The molecule has 7 heteroatoms. The van der Waals surface area contributed by atoms with E-state index in [2.05, 4.69) is 17.0 Å². The molecule has 2 amide bonds. The van der Waals surface area contributed by atoms with E-state index in [-0.39, 0.29) is 10.9 Å². The van der Waals surface area contributed by atoms with Crippen molar-refractivity contribution in [3.8, 4) is 0 Å². The quantitative estimate of drug-likeness (QED) is 0.693. The Labute approximate surface area is 180 Å². The highest BCUT2D eigenvalue weighted by molar-refractivity contribution is 6.52. The van der Waals surface area contributed by atoms with Crippen molar-refractivity contribution in [1.82, 2.24) is 9.80 Å². The number of anilines is 1. The van der Waals surface area contributed by atoms with Gasteiger partial charge >= 0.3 is 0 Å². The number of imide groups is 1. The number of aryl methyl sites for hydroxylation is 1. The summed E-state index contributed by atoms with van der Waals surface area (Å²) in [4.78, 5) is 31.3. The molecular weight excluding hydrogens is 409 g/mol. The van der Waals surface area contributed by atoms with E-state index >= 15 is 0 Å². The Bertz CT molecular complexity index is 983. The third-order valence-corrected chi connectivity index (χ3v) is 5.92. The number of halogens is 2. The highest BCUT2D eigenvalue weighted by Gasteiger charge is 2.42. The van der Waals surface area contributed by atoms with E-state index in [0.717, 1.165) is 30.1 Å². The number of piperazine rings is 1. The summed E-state index contributed by atoms with van der Waals surface area (Å²) < 4.78 is 0. The summed E-state index contributed by atoms with van der Waals surface area (Å²) in [6, 6.07) is 15.4. The minimum absolute atomic E-state index is 0.0131. The number of nitrogens with zero attached hydrogens (tertiary/aromatic N) is 3. The van der Waals surface area contributed by atoms with Crippen molar-refractivity contribution >= 4 is 40.7 Å². The number of rotatable bonds is 4. The molecular formula is C22H21Cl2N3O2. The third-order valence-electron chi connectivity index (χ3n) is 5.34. The largest absolute Gasteiger partial charge is 0.363 e. The lowest BCUT2D eigenvalue weighted by molar-refractivity contribution is -0.121. The fourth-order valence-corrected chi connectivity index (χ4v) is 4.34. The summed E-state index contributed by atoms with van der Waals surface area (Å²) in [5.41, 5.74) is 2.82. The molecule has 0 N–H and O–H groups in total. The Morgan fingerprint density at radius 2 is 1.59 bits per heavy atom. The molecule has 0 atom stereocenters. The van der Waals surface area contributed by atoms with Crippen LogP contribution in [-0.4, -0.2) is 47.8 Å². The molecule has 4 rings (SSSR count). The molecule has 0 radical (unpaired) electrons. The molecule has 5 nitrogen and oxygen atoms in total. The maximum absolute atomic E-state index is 13.1. The Kier molecular flexibility index (Phi) is 5.63. The molecule has 2 heterocycles. The zero-order valence-electron chi connectivity index (χ0n) is 16.1. The van der Waals surface area contributed by atoms with Crippen LogP contribution in [0, 0.1) is 6.92 Å². The van der Waals surface area contributed by atoms with E-state index in [9.17, 15) is 9.59 Å². The average Bonchev–Trinajstić information content (AvgIpc) is 2.93. The first-order chi connectivity index (χ1) is 14.0. The van der Waals surface area contributed by atoms with Gasteiger partial charge in [0.25, 0.3) is 11.8 Å². The van der Waals surface area contributed by atoms with Crippen molar-refractivity contribution in [3.05, 3.63) is 75.4 Å². The minimum Gasteiger partial charge on any atom is -0.363 e. The molecule has 2 aliphatic rings. The van der Waals surface area contributed by atoms with Crippen LogP contribution >= 0.6 is 23.2 Å². The molecule has 0 aromatic heterocycles. The van der Waals surface area contributed by atoms with Crippen LogP contribution in [0.4, 0.5) is 5.69 Å². The second-order valence-corrected chi connectivity index (χ2v) is 8.10.